The number of cyclic esters (lactones) is 1. The van der Waals surface area contributed by atoms with Crippen LogP contribution in [0, 0.1) is 6.92 Å². The number of benzene rings is 1. The number of hydrogen-bond acceptors (Lipinski definition) is 15. The minimum atomic E-state index is -4.65. The second-order valence-electron chi connectivity index (χ2n) is 13.0. The fourth-order valence-electron chi connectivity index (χ4n) is 6.54. The number of fused-ring (bicyclic) bond motifs is 3. The molecule has 6 rings (SSSR count). The number of aromatic hydroxyl groups is 1. The summed E-state index contributed by atoms with van der Waals surface area (Å²) < 4.78 is 66.6. The topological polar surface area (TPSA) is 246 Å². The Morgan fingerprint density at radius 1 is 1.16 bits per heavy atom. The maximum absolute atomic E-state index is 13.0. The number of rotatable bonds is 14. The lowest BCUT2D eigenvalue weighted by Crippen LogP contribution is -2.32. The van der Waals surface area contributed by atoms with E-state index in [0.29, 0.717) is 46.4 Å². The van der Waals surface area contributed by atoms with Gasteiger partial charge >= 0.3 is 21.2 Å². The van der Waals surface area contributed by atoms with Crippen LogP contribution in [-0.4, -0.2) is 90.7 Å². The predicted molar refractivity (Wildman–Crippen MR) is 179 cm³/mol. The summed E-state index contributed by atoms with van der Waals surface area (Å²) in [6.45, 7) is 6.51. The van der Waals surface area contributed by atoms with Crippen LogP contribution in [-0.2, 0) is 50.2 Å². The monoisotopic (exact) mass is 753 g/mol. The van der Waals surface area contributed by atoms with Crippen molar-refractivity contribution in [3.05, 3.63) is 46.6 Å². The van der Waals surface area contributed by atoms with E-state index in [9.17, 15) is 28.8 Å². The van der Waals surface area contributed by atoms with Crippen LogP contribution in [0.15, 0.2) is 24.3 Å². The molecule has 18 nitrogen and oxygen atoms in total. The molecule has 0 saturated carbocycles. The Kier molecular flexibility index (Phi) is 10.4. The molecule has 51 heavy (non-hydrogen) atoms. The molecule has 6 atom stereocenters. The first-order chi connectivity index (χ1) is 24.0. The van der Waals surface area contributed by atoms with Gasteiger partial charge in [-0.25, -0.2) is 19.7 Å². The number of carbonyl (C=O) groups is 1. The molecule has 278 valence electrons. The zero-order valence-electron chi connectivity index (χ0n) is 28.7. The van der Waals surface area contributed by atoms with Crippen molar-refractivity contribution in [1.82, 2.24) is 19.5 Å². The van der Waals surface area contributed by atoms with Crippen molar-refractivity contribution < 1.29 is 61.5 Å². The van der Waals surface area contributed by atoms with Crippen molar-refractivity contribution in [3.63, 3.8) is 0 Å². The predicted octanol–water partition coefficient (Wildman–Crippen LogP) is 3.85. The highest BCUT2D eigenvalue weighted by Crippen LogP contribution is 2.59. The minimum absolute atomic E-state index is 0.0720. The standard InChI is InChI=1S/C31H41N5O13P2/c1-16(8-9-18-23(37)21-19(11-44-30(21)38)17(2)24(18)43-5)7-6-10-45-50(39,40)15-51(41,42)46-12-20-25-26(49-31(3,4)48-25)29(47-20)36-14-35-22-27(32)33-13-34-28(22)36/h8,13-14,20,25-26,29,37H,6-7,9-12,15H2,1-5H3,(H,39,40)(H,41,42)(H2,32,33,34)/t20-,25+,26?,29-/m1/s1. The number of allylic oxidation sites excluding steroid dienone is 2. The Morgan fingerprint density at radius 3 is 2.63 bits per heavy atom. The van der Waals surface area contributed by atoms with E-state index in [1.54, 1.807) is 25.3 Å². The molecule has 3 aliphatic heterocycles. The Morgan fingerprint density at radius 2 is 1.88 bits per heavy atom. The van der Waals surface area contributed by atoms with Crippen molar-refractivity contribution in [2.24, 2.45) is 0 Å². The highest BCUT2D eigenvalue weighted by Gasteiger charge is 2.56. The third kappa shape index (κ3) is 7.70. The Hall–Kier alpha value is -3.44. The van der Waals surface area contributed by atoms with Crippen molar-refractivity contribution in [1.29, 1.82) is 0 Å². The van der Waals surface area contributed by atoms with E-state index in [1.807, 2.05) is 13.0 Å². The number of imidazole rings is 1. The van der Waals surface area contributed by atoms with Gasteiger partial charge in [-0.2, -0.15) is 0 Å². The van der Waals surface area contributed by atoms with Gasteiger partial charge in [-0.05, 0) is 52.5 Å². The van der Waals surface area contributed by atoms with E-state index in [2.05, 4.69) is 15.0 Å². The number of nitrogen functional groups attached to an aromatic ring is 1. The minimum Gasteiger partial charge on any atom is -0.507 e. The van der Waals surface area contributed by atoms with E-state index >= 15 is 0 Å². The number of phenols is 1. The van der Waals surface area contributed by atoms with Crippen LogP contribution in [0.25, 0.3) is 11.2 Å². The van der Waals surface area contributed by atoms with Gasteiger partial charge in [0.1, 0.15) is 53.8 Å². The molecule has 0 aliphatic carbocycles. The maximum atomic E-state index is 13.0. The molecule has 1 aromatic carbocycles. The number of hydrogen-bond donors (Lipinski definition) is 4. The number of anilines is 1. The molecule has 20 heteroatoms. The molecule has 5 N–H and O–H groups in total. The zero-order valence-corrected chi connectivity index (χ0v) is 30.5. The lowest BCUT2D eigenvalue weighted by molar-refractivity contribution is -0.199. The van der Waals surface area contributed by atoms with E-state index in [1.165, 1.54) is 19.8 Å². The smallest absolute Gasteiger partial charge is 0.342 e. The number of esters is 1. The summed E-state index contributed by atoms with van der Waals surface area (Å²) >= 11 is 0. The van der Waals surface area contributed by atoms with Crippen LogP contribution in [0.1, 0.15) is 66.9 Å². The van der Waals surface area contributed by atoms with E-state index in [-0.39, 0.29) is 36.8 Å². The highest BCUT2D eigenvalue weighted by molar-refractivity contribution is 7.70. The van der Waals surface area contributed by atoms with Gasteiger partial charge in [0.2, 0.25) is 0 Å². The third-order valence-electron chi connectivity index (χ3n) is 8.90. The van der Waals surface area contributed by atoms with E-state index in [4.69, 9.17) is 38.5 Å². The first kappa shape index (κ1) is 37.3. The fraction of sp³-hybridized carbons (Fsp3) is 0.548. The van der Waals surface area contributed by atoms with Gasteiger partial charge in [-0.1, -0.05) is 11.6 Å². The number of nitrogens with two attached hydrogens (primary N) is 1. The largest absolute Gasteiger partial charge is 0.507 e. The molecule has 3 unspecified atom stereocenters. The molecule has 0 bridgehead atoms. The maximum Gasteiger partial charge on any atom is 0.342 e. The molecule has 3 aliphatic rings. The summed E-state index contributed by atoms with van der Waals surface area (Å²) in [5.41, 5.74) is 9.45. The van der Waals surface area contributed by atoms with Crippen LogP contribution in [0.5, 0.6) is 11.5 Å². The molecule has 2 aromatic heterocycles. The molecule has 0 radical (unpaired) electrons. The summed E-state index contributed by atoms with van der Waals surface area (Å²) in [6, 6.07) is 0. The summed E-state index contributed by atoms with van der Waals surface area (Å²) in [5.74, 6) is -2.26. The van der Waals surface area contributed by atoms with Gasteiger partial charge in [0.05, 0.1) is 26.7 Å². The first-order valence-corrected chi connectivity index (χ1v) is 19.6. The van der Waals surface area contributed by atoms with Crippen molar-refractivity contribution >= 4 is 38.1 Å². The number of carbonyl (C=O) groups excluding carboxylic acids is 1. The van der Waals surface area contributed by atoms with Gasteiger partial charge in [0.25, 0.3) is 0 Å². The number of methoxy groups -OCH3 is 1. The quantitative estimate of drug-likeness (QED) is 0.0790. The molecule has 2 fully saturated rings. The molecule has 0 amide bonds. The van der Waals surface area contributed by atoms with Crippen LogP contribution in [0.4, 0.5) is 5.82 Å². The summed E-state index contributed by atoms with van der Waals surface area (Å²) in [5, 5.41) is 10.8. The molecular formula is C31H41N5O13P2. The molecule has 0 spiro atoms. The van der Waals surface area contributed by atoms with E-state index < -0.39 is 64.0 Å². The third-order valence-corrected chi connectivity index (χ3v) is 12.9. The Balaban J connectivity index is 1.01. The van der Waals surface area contributed by atoms with Gasteiger partial charge < -0.3 is 53.4 Å². The van der Waals surface area contributed by atoms with Crippen LogP contribution < -0.4 is 10.5 Å². The van der Waals surface area contributed by atoms with E-state index in [0.717, 1.165) is 5.57 Å². The summed E-state index contributed by atoms with van der Waals surface area (Å²) in [4.78, 5) is 45.6. The van der Waals surface area contributed by atoms with Gasteiger partial charge in [0, 0.05) is 11.1 Å². The second-order valence-corrected chi connectivity index (χ2v) is 17.2. The highest BCUT2D eigenvalue weighted by atomic mass is 31.2. The molecular weight excluding hydrogens is 712 g/mol. The average molecular weight is 754 g/mol. The summed E-state index contributed by atoms with van der Waals surface area (Å²) in [6.07, 6.45) is 2.53. The number of phenolic OH excluding ortho intramolecular Hbond substituents is 1. The summed E-state index contributed by atoms with van der Waals surface area (Å²) in [7, 11) is -7.72. The fourth-order valence-corrected chi connectivity index (χ4v) is 9.79. The first-order valence-electron chi connectivity index (χ1n) is 16.1. The number of aromatic nitrogens is 4. The molecule has 3 aromatic rings. The number of nitrogens with zero attached hydrogens (tertiary/aromatic N) is 4. The van der Waals surface area contributed by atoms with Crippen LogP contribution in [0.3, 0.4) is 0 Å². The van der Waals surface area contributed by atoms with Crippen LogP contribution in [0.2, 0.25) is 0 Å². The molecule has 2 saturated heterocycles. The Labute approximate surface area is 292 Å². The zero-order chi connectivity index (χ0) is 36.9. The lowest BCUT2D eigenvalue weighted by Gasteiger charge is -2.25. The number of ether oxygens (including phenoxy) is 5. The van der Waals surface area contributed by atoms with Gasteiger partial charge in [-0.3, -0.25) is 13.7 Å². The van der Waals surface area contributed by atoms with Crippen molar-refractivity contribution in [2.45, 2.75) is 83.9 Å². The van der Waals surface area contributed by atoms with Crippen molar-refractivity contribution in [3.8, 4) is 11.5 Å². The van der Waals surface area contributed by atoms with Gasteiger partial charge in [0.15, 0.2) is 29.4 Å². The Bertz CT molecular complexity index is 1970. The lowest BCUT2D eigenvalue weighted by atomic mass is 9.94. The normalized spacial score (nSPS) is 25.0. The van der Waals surface area contributed by atoms with Gasteiger partial charge in [-0.15, -0.1) is 0 Å². The molecule has 5 heterocycles. The van der Waals surface area contributed by atoms with Crippen molar-refractivity contribution in [2.75, 3.05) is 32.0 Å². The van der Waals surface area contributed by atoms with Crippen LogP contribution >= 0.6 is 15.2 Å². The SMILES string of the molecule is COc1c(C)c2c(c(O)c1CC=C(C)CCCOP(=O)(O)CP(=O)(O)OC[C@H]1O[C@@H](n3cnc4c(N)ncnc43)C3OC(C)(C)O[C@H]31)C(=O)OC2. The second kappa shape index (κ2) is 14.2. The average Bonchev–Trinajstić information content (AvgIpc) is 3.81.